The summed E-state index contributed by atoms with van der Waals surface area (Å²) in [5.41, 5.74) is 0.872. The zero-order chi connectivity index (χ0) is 11.0. The Hall–Kier alpha value is -1.48. The van der Waals surface area contributed by atoms with E-state index in [9.17, 15) is 4.79 Å². The van der Waals surface area contributed by atoms with Gasteiger partial charge in [-0.15, -0.1) is 0 Å². The molecule has 0 amide bonds. The summed E-state index contributed by atoms with van der Waals surface area (Å²) >= 11 is 5.88. The Balaban J connectivity index is 2.75. The number of hydrogen-bond donors (Lipinski definition) is 0. The Kier molecular flexibility index (Phi) is 2.40. The van der Waals surface area contributed by atoms with Crippen LogP contribution in [0.1, 0.15) is 16.1 Å². The van der Waals surface area contributed by atoms with Crippen molar-refractivity contribution in [3.05, 3.63) is 34.5 Å². The highest BCUT2D eigenvalue weighted by Gasteiger charge is 2.15. The molecule has 0 aliphatic rings. The van der Waals surface area contributed by atoms with Gasteiger partial charge in [-0.05, 0) is 25.1 Å². The van der Waals surface area contributed by atoms with Gasteiger partial charge in [-0.2, -0.15) is 0 Å². The molecule has 0 unspecified atom stereocenters. The van der Waals surface area contributed by atoms with Gasteiger partial charge >= 0.3 is 5.97 Å². The summed E-state index contributed by atoms with van der Waals surface area (Å²) in [4.78, 5) is 11.4. The van der Waals surface area contributed by atoms with E-state index in [1.54, 1.807) is 12.1 Å². The van der Waals surface area contributed by atoms with Crippen molar-refractivity contribution in [2.75, 3.05) is 7.11 Å². The van der Waals surface area contributed by atoms with E-state index in [2.05, 4.69) is 4.74 Å². The van der Waals surface area contributed by atoms with Crippen molar-refractivity contribution < 1.29 is 13.9 Å². The first kappa shape index (κ1) is 10.1. The van der Waals surface area contributed by atoms with E-state index in [1.807, 2.05) is 13.0 Å². The van der Waals surface area contributed by atoms with Crippen molar-refractivity contribution in [2.45, 2.75) is 6.92 Å². The van der Waals surface area contributed by atoms with E-state index in [0.717, 1.165) is 11.1 Å². The third kappa shape index (κ3) is 1.70. The van der Waals surface area contributed by atoms with Crippen LogP contribution in [0.4, 0.5) is 0 Å². The molecule has 4 heteroatoms. The van der Waals surface area contributed by atoms with Gasteiger partial charge in [-0.3, -0.25) is 0 Å². The van der Waals surface area contributed by atoms with Gasteiger partial charge in [0.15, 0.2) is 0 Å². The summed E-state index contributed by atoms with van der Waals surface area (Å²) in [6.45, 7) is 1.81. The molecule has 78 valence electrons. The highest BCUT2D eigenvalue weighted by molar-refractivity contribution is 6.32. The molecule has 2 aromatic rings. The topological polar surface area (TPSA) is 39.4 Å². The number of aryl methyl sites for hydroxylation is 1. The highest BCUT2D eigenvalue weighted by Crippen LogP contribution is 2.27. The summed E-state index contributed by atoms with van der Waals surface area (Å²) < 4.78 is 10.1. The van der Waals surface area contributed by atoms with Gasteiger partial charge in [0.25, 0.3) is 0 Å². The lowest BCUT2D eigenvalue weighted by atomic mass is 10.1. The molecule has 0 saturated carbocycles. The molecule has 0 aliphatic carbocycles. The molecule has 0 fully saturated rings. The summed E-state index contributed by atoms with van der Waals surface area (Å²) in [6.07, 6.45) is 0. The number of halogens is 1. The summed E-state index contributed by atoms with van der Waals surface area (Å²) in [5, 5.41) is 1.30. The molecule has 0 radical (unpaired) electrons. The fraction of sp³-hybridized carbons (Fsp3) is 0.182. The van der Waals surface area contributed by atoms with Crippen LogP contribution < -0.4 is 0 Å². The second-order valence-corrected chi connectivity index (χ2v) is 3.66. The Morgan fingerprint density at radius 3 is 2.80 bits per heavy atom. The molecule has 15 heavy (non-hydrogen) atoms. The van der Waals surface area contributed by atoms with Gasteiger partial charge in [-0.1, -0.05) is 11.6 Å². The fourth-order valence-corrected chi connectivity index (χ4v) is 1.73. The second kappa shape index (κ2) is 3.59. The third-order valence-electron chi connectivity index (χ3n) is 2.11. The smallest absolute Gasteiger partial charge is 0.341 e. The van der Waals surface area contributed by atoms with Crippen molar-refractivity contribution in [1.29, 1.82) is 0 Å². The van der Waals surface area contributed by atoms with Crippen LogP contribution >= 0.6 is 11.6 Å². The van der Waals surface area contributed by atoms with E-state index in [-0.39, 0.29) is 0 Å². The van der Waals surface area contributed by atoms with Gasteiger partial charge in [0.1, 0.15) is 16.9 Å². The lowest BCUT2D eigenvalue weighted by Crippen LogP contribution is -2.01. The van der Waals surface area contributed by atoms with Crippen LogP contribution in [-0.2, 0) is 4.74 Å². The number of esters is 1. The lowest BCUT2D eigenvalue weighted by molar-refractivity contribution is 0.0601. The molecule has 0 N–H and O–H groups in total. The molecule has 3 nitrogen and oxygen atoms in total. The Labute approximate surface area is 91.6 Å². The standard InChI is InChI=1S/C11H9ClO3/c1-6-3-7-4-8(12)5-9(10(7)15-6)11(13)14-2/h3-5H,1-2H3. The minimum atomic E-state index is -0.447. The number of ether oxygens (including phenoxy) is 1. The first-order valence-corrected chi connectivity index (χ1v) is 4.77. The van der Waals surface area contributed by atoms with Crippen LogP contribution in [0.5, 0.6) is 0 Å². The summed E-state index contributed by atoms with van der Waals surface area (Å²) in [7, 11) is 1.32. The lowest BCUT2D eigenvalue weighted by Gasteiger charge is -2.00. The molecule has 0 spiro atoms. The Morgan fingerprint density at radius 1 is 1.40 bits per heavy atom. The third-order valence-corrected chi connectivity index (χ3v) is 2.33. The van der Waals surface area contributed by atoms with Gasteiger partial charge in [-0.25, -0.2) is 4.79 Å². The van der Waals surface area contributed by atoms with Crippen molar-refractivity contribution in [3.8, 4) is 0 Å². The first-order valence-electron chi connectivity index (χ1n) is 4.40. The molecule has 1 aromatic carbocycles. The van der Waals surface area contributed by atoms with Crippen molar-refractivity contribution in [2.24, 2.45) is 0 Å². The monoisotopic (exact) mass is 224 g/mol. The molecule has 1 heterocycles. The number of fused-ring (bicyclic) bond motifs is 1. The van der Waals surface area contributed by atoms with Gasteiger partial charge in [0.05, 0.1) is 7.11 Å². The number of rotatable bonds is 1. The summed E-state index contributed by atoms with van der Waals surface area (Å²) in [5.74, 6) is 0.286. The number of carbonyl (C=O) groups is 1. The van der Waals surface area contributed by atoms with Crippen LogP contribution in [0.3, 0.4) is 0 Å². The zero-order valence-corrected chi connectivity index (χ0v) is 9.09. The van der Waals surface area contributed by atoms with Crippen LogP contribution in [0, 0.1) is 6.92 Å². The number of benzene rings is 1. The number of furan rings is 1. The van der Waals surface area contributed by atoms with E-state index >= 15 is 0 Å². The predicted molar refractivity (Wildman–Crippen MR) is 57.3 cm³/mol. The Bertz CT molecular complexity index is 528. The van der Waals surface area contributed by atoms with Crippen LogP contribution in [-0.4, -0.2) is 13.1 Å². The van der Waals surface area contributed by atoms with Crippen LogP contribution in [0.2, 0.25) is 5.02 Å². The quantitative estimate of drug-likeness (QED) is 0.699. The second-order valence-electron chi connectivity index (χ2n) is 3.22. The average Bonchev–Trinajstić information content (AvgIpc) is 2.55. The maximum atomic E-state index is 11.4. The minimum absolute atomic E-state index is 0.355. The van der Waals surface area contributed by atoms with E-state index in [4.69, 9.17) is 16.0 Å². The molecule has 0 bridgehead atoms. The molecule has 2 rings (SSSR count). The largest absolute Gasteiger partial charge is 0.465 e. The van der Waals surface area contributed by atoms with Gasteiger partial charge < -0.3 is 9.15 Å². The maximum absolute atomic E-state index is 11.4. The molecule has 0 atom stereocenters. The van der Waals surface area contributed by atoms with Crippen molar-refractivity contribution in [1.82, 2.24) is 0 Å². The number of hydrogen-bond acceptors (Lipinski definition) is 3. The molecule has 0 saturated heterocycles. The Morgan fingerprint density at radius 2 is 2.13 bits per heavy atom. The SMILES string of the molecule is COC(=O)c1cc(Cl)cc2cc(C)oc12. The molecule has 1 aromatic heterocycles. The predicted octanol–water partition coefficient (Wildman–Crippen LogP) is 3.18. The average molecular weight is 225 g/mol. The zero-order valence-electron chi connectivity index (χ0n) is 8.33. The minimum Gasteiger partial charge on any atom is -0.465 e. The van der Waals surface area contributed by atoms with Gasteiger partial charge in [0.2, 0.25) is 0 Å². The van der Waals surface area contributed by atoms with Crippen molar-refractivity contribution >= 4 is 28.5 Å². The van der Waals surface area contributed by atoms with E-state index < -0.39 is 5.97 Å². The van der Waals surface area contributed by atoms with Crippen LogP contribution in [0.25, 0.3) is 11.0 Å². The molecule has 0 aliphatic heterocycles. The fourth-order valence-electron chi connectivity index (χ4n) is 1.51. The highest BCUT2D eigenvalue weighted by atomic mass is 35.5. The van der Waals surface area contributed by atoms with E-state index in [1.165, 1.54) is 7.11 Å². The van der Waals surface area contributed by atoms with E-state index in [0.29, 0.717) is 16.2 Å². The normalized spacial score (nSPS) is 10.6. The number of methoxy groups -OCH3 is 1. The molecular weight excluding hydrogens is 216 g/mol. The number of carbonyl (C=O) groups excluding carboxylic acids is 1. The van der Waals surface area contributed by atoms with Crippen molar-refractivity contribution in [3.63, 3.8) is 0 Å². The van der Waals surface area contributed by atoms with Crippen LogP contribution in [0.15, 0.2) is 22.6 Å². The first-order chi connectivity index (χ1) is 7.11. The maximum Gasteiger partial charge on any atom is 0.341 e. The molecular formula is C11H9ClO3. The summed E-state index contributed by atoms with van der Waals surface area (Å²) in [6, 6.07) is 5.12. The van der Waals surface area contributed by atoms with Gasteiger partial charge in [0, 0.05) is 10.4 Å².